The minimum atomic E-state index is -1.08. The predicted molar refractivity (Wildman–Crippen MR) is 78.1 cm³/mol. The van der Waals surface area contributed by atoms with Crippen molar-refractivity contribution in [3.05, 3.63) is 71.0 Å². The van der Waals surface area contributed by atoms with Gasteiger partial charge in [0.1, 0.15) is 11.4 Å². The van der Waals surface area contributed by atoms with E-state index in [-0.39, 0.29) is 5.82 Å². The summed E-state index contributed by atoms with van der Waals surface area (Å²) in [7, 11) is 0. The highest BCUT2D eigenvalue weighted by atomic mass is 19.1. The summed E-state index contributed by atoms with van der Waals surface area (Å²) in [6.45, 7) is 1.79. The topological polar surface area (TPSA) is 20.2 Å². The second-order valence-electron chi connectivity index (χ2n) is 5.79. The van der Waals surface area contributed by atoms with E-state index in [1.807, 2.05) is 18.2 Å². The molecule has 1 unspecified atom stereocenters. The van der Waals surface area contributed by atoms with Crippen LogP contribution in [0.3, 0.4) is 0 Å². The third-order valence-corrected chi connectivity index (χ3v) is 4.44. The summed E-state index contributed by atoms with van der Waals surface area (Å²) in [5, 5.41) is 11.0. The standard InChI is InChI=1S/C18H19FO/c1-18(20,14-9-11-15(19)12-10-14)17-8-3-2-7-16(17)13-5-4-6-13/h2-3,7-13,20H,4-6H2,1H3. The monoisotopic (exact) mass is 270 g/mol. The first-order chi connectivity index (χ1) is 9.59. The van der Waals surface area contributed by atoms with Gasteiger partial charge in [-0.1, -0.05) is 42.8 Å². The summed E-state index contributed by atoms with van der Waals surface area (Å²) in [6.07, 6.45) is 3.64. The second kappa shape index (κ2) is 5.02. The molecule has 0 amide bonds. The number of hydrogen-bond donors (Lipinski definition) is 1. The lowest BCUT2D eigenvalue weighted by Crippen LogP contribution is -2.26. The summed E-state index contributed by atoms with van der Waals surface area (Å²) in [5.41, 5.74) is 1.81. The molecule has 0 spiro atoms. The summed E-state index contributed by atoms with van der Waals surface area (Å²) in [6, 6.07) is 14.2. The first-order valence-corrected chi connectivity index (χ1v) is 7.17. The van der Waals surface area contributed by atoms with Gasteiger partial charge in [-0.25, -0.2) is 4.39 Å². The Bertz CT molecular complexity index is 597. The highest BCUT2D eigenvalue weighted by Crippen LogP contribution is 2.42. The van der Waals surface area contributed by atoms with Gasteiger partial charge in [0.05, 0.1) is 0 Å². The smallest absolute Gasteiger partial charge is 0.123 e. The summed E-state index contributed by atoms with van der Waals surface area (Å²) in [5.74, 6) is 0.273. The molecule has 0 saturated heterocycles. The average Bonchev–Trinajstić information content (AvgIpc) is 2.38. The van der Waals surface area contributed by atoms with Gasteiger partial charge in [-0.05, 0) is 54.5 Å². The zero-order chi connectivity index (χ0) is 14.2. The summed E-state index contributed by atoms with van der Waals surface area (Å²) >= 11 is 0. The van der Waals surface area contributed by atoms with Gasteiger partial charge in [-0.15, -0.1) is 0 Å². The predicted octanol–water partition coefficient (Wildman–Crippen LogP) is 4.35. The van der Waals surface area contributed by atoms with Crippen LogP contribution in [0.5, 0.6) is 0 Å². The average molecular weight is 270 g/mol. The lowest BCUT2D eigenvalue weighted by molar-refractivity contribution is 0.1000. The molecule has 1 fully saturated rings. The highest BCUT2D eigenvalue weighted by Gasteiger charge is 2.31. The van der Waals surface area contributed by atoms with Gasteiger partial charge in [0, 0.05) is 0 Å². The van der Waals surface area contributed by atoms with E-state index >= 15 is 0 Å². The van der Waals surface area contributed by atoms with Gasteiger partial charge >= 0.3 is 0 Å². The van der Waals surface area contributed by atoms with E-state index in [9.17, 15) is 9.50 Å². The van der Waals surface area contributed by atoms with E-state index in [0.717, 1.165) is 11.1 Å². The molecule has 20 heavy (non-hydrogen) atoms. The van der Waals surface area contributed by atoms with Crippen molar-refractivity contribution in [1.82, 2.24) is 0 Å². The first-order valence-electron chi connectivity index (χ1n) is 7.17. The Labute approximate surface area is 119 Å². The molecule has 3 rings (SSSR count). The van der Waals surface area contributed by atoms with Crippen LogP contribution < -0.4 is 0 Å². The Morgan fingerprint density at radius 2 is 1.70 bits per heavy atom. The number of halogens is 1. The Morgan fingerprint density at radius 3 is 2.30 bits per heavy atom. The molecule has 1 atom stereocenters. The summed E-state index contributed by atoms with van der Waals surface area (Å²) < 4.78 is 13.1. The molecule has 0 aromatic heterocycles. The number of benzene rings is 2. The Balaban J connectivity index is 2.04. The van der Waals surface area contributed by atoms with Crippen LogP contribution in [-0.4, -0.2) is 5.11 Å². The quantitative estimate of drug-likeness (QED) is 0.879. The molecule has 104 valence electrons. The molecule has 1 N–H and O–H groups in total. The Morgan fingerprint density at radius 1 is 1.05 bits per heavy atom. The van der Waals surface area contributed by atoms with Gasteiger partial charge in [-0.2, -0.15) is 0 Å². The SMILES string of the molecule is CC(O)(c1ccc(F)cc1)c1ccccc1C1CCC1. The lowest BCUT2D eigenvalue weighted by atomic mass is 9.74. The van der Waals surface area contributed by atoms with Crippen LogP contribution in [0.15, 0.2) is 48.5 Å². The molecular formula is C18H19FO. The number of hydrogen-bond acceptors (Lipinski definition) is 1. The second-order valence-corrected chi connectivity index (χ2v) is 5.79. The molecule has 2 aromatic carbocycles. The Hall–Kier alpha value is -1.67. The zero-order valence-corrected chi connectivity index (χ0v) is 11.6. The molecule has 1 aliphatic carbocycles. The molecule has 0 bridgehead atoms. The molecule has 1 saturated carbocycles. The maximum Gasteiger partial charge on any atom is 0.123 e. The van der Waals surface area contributed by atoms with Gasteiger partial charge < -0.3 is 5.11 Å². The fourth-order valence-corrected chi connectivity index (χ4v) is 2.95. The largest absolute Gasteiger partial charge is 0.381 e. The molecule has 2 heteroatoms. The van der Waals surface area contributed by atoms with E-state index in [2.05, 4.69) is 6.07 Å². The maximum atomic E-state index is 13.1. The normalized spacial score (nSPS) is 18.4. The molecule has 1 nitrogen and oxygen atoms in total. The van der Waals surface area contributed by atoms with E-state index in [4.69, 9.17) is 0 Å². The van der Waals surface area contributed by atoms with E-state index in [1.54, 1.807) is 19.1 Å². The van der Waals surface area contributed by atoms with Crippen molar-refractivity contribution in [3.63, 3.8) is 0 Å². The van der Waals surface area contributed by atoms with Crippen LogP contribution in [0.4, 0.5) is 4.39 Å². The molecule has 2 aromatic rings. The van der Waals surface area contributed by atoms with E-state index in [1.165, 1.54) is 37.0 Å². The first kappa shape index (κ1) is 13.3. The van der Waals surface area contributed by atoms with Crippen LogP contribution >= 0.6 is 0 Å². The van der Waals surface area contributed by atoms with Crippen molar-refractivity contribution in [2.45, 2.75) is 37.7 Å². The zero-order valence-electron chi connectivity index (χ0n) is 11.6. The molecular weight excluding hydrogens is 251 g/mol. The van der Waals surface area contributed by atoms with Crippen LogP contribution in [0.25, 0.3) is 0 Å². The third-order valence-electron chi connectivity index (χ3n) is 4.44. The van der Waals surface area contributed by atoms with Gasteiger partial charge in [0.2, 0.25) is 0 Å². The van der Waals surface area contributed by atoms with Crippen molar-refractivity contribution in [1.29, 1.82) is 0 Å². The van der Waals surface area contributed by atoms with Crippen molar-refractivity contribution < 1.29 is 9.50 Å². The number of aliphatic hydroxyl groups is 1. The maximum absolute atomic E-state index is 13.1. The van der Waals surface area contributed by atoms with Crippen molar-refractivity contribution in [2.24, 2.45) is 0 Å². The van der Waals surface area contributed by atoms with Crippen molar-refractivity contribution >= 4 is 0 Å². The highest BCUT2D eigenvalue weighted by molar-refractivity contribution is 5.42. The van der Waals surface area contributed by atoms with Crippen molar-refractivity contribution in [2.75, 3.05) is 0 Å². The molecule has 0 aliphatic heterocycles. The van der Waals surface area contributed by atoms with Gasteiger partial charge in [0.25, 0.3) is 0 Å². The number of rotatable bonds is 3. The third kappa shape index (κ3) is 2.25. The van der Waals surface area contributed by atoms with Crippen LogP contribution in [-0.2, 0) is 5.60 Å². The molecule has 0 heterocycles. The van der Waals surface area contributed by atoms with Gasteiger partial charge in [0.15, 0.2) is 0 Å². The van der Waals surface area contributed by atoms with Crippen molar-refractivity contribution in [3.8, 4) is 0 Å². The summed E-state index contributed by atoms with van der Waals surface area (Å²) in [4.78, 5) is 0. The Kier molecular flexibility index (Phi) is 3.35. The van der Waals surface area contributed by atoms with Crippen LogP contribution in [0.2, 0.25) is 0 Å². The fraction of sp³-hybridized carbons (Fsp3) is 0.333. The van der Waals surface area contributed by atoms with Gasteiger partial charge in [-0.3, -0.25) is 0 Å². The van der Waals surface area contributed by atoms with E-state index in [0.29, 0.717) is 5.92 Å². The van der Waals surface area contributed by atoms with Crippen LogP contribution in [0.1, 0.15) is 48.8 Å². The van der Waals surface area contributed by atoms with Crippen LogP contribution in [0, 0.1) is 5.82 Å². The molecule has 1 aliphatic rings. The van der Waals surface area contributed by atoms with E-state index < -0.39 is 5.60 Å². The minimum absolute atomic E-state index is 0.281. The lowest BCUT2D eigenvalue weighted by Gasteiger charge is -2.33. The minimum Gasteiger partial charge on any atom is -0.381 e. The fourth-order valence-electron chi connectivity index (χ4n) is 2.95. The molecule has 0 radical (unpaired) electrons.